The van der Waals surface area contributed by atoms with Crippen LogP contribution in [0.4, 0.5) is 5.69 Å². The third-order valence-electron chi connectivity index (χ3n) is 4.02. The summed E-state index contributed by atoms with van der Waals surface area (Å²) in [5.41, 5.74) is 12.4. The number of ether oxygens (including phenoxy) is 1. The Morgan fingerprint density at radius 3 is 2.15 bits per heavy atom. The van der Waals surface area contributed by atoms with Crippen LogP contribution in [0.25, 0.3) is 0 Å². The lowest BCUT2D eigenvalue weighted by atomic mass is 10.1. The first-order valence-electron chi connectivity index (χ1n) is 8.52. The fourth-order valence-electron chi connectivity index (χ4n) is 2.25. The van der Waals surface area contributed by atoms with Gasteiger partial charge in [0, 0.05) is 13.1 Å². The number of benzene rings is 2. The van der Waals surface area contributed by atoms with Crippen LogP contribution in [0, 0.1) is 0 Å². The molecule has 0 radical (unpaired) electrons. The van der Waals surface area contributed by atoms with Crippen molar-refractivity contribution < 1.29 is 14.3 Å². The van der Waals surface area contributed by atoms with Gasteiger partial charge in [-0.25, -0.2) is 9.79 Å². The molecule has 0 bridgehead atoms. The van der Waals surface area contributed by atoms with E-state index in [1.54, 1.807) is 60.5 Å². The third-order valence-corrected chi connectivity index (χ3v) is 4.02. The van der Waals surface area contributed by atoms with Crippen LogP contribution in [0.5, 0.6) is 5.75 Å². The summed E-state index contributed by atoms with van der Waals surface area (Å²) in [6, 6.07) is 13.4. The predicted molar refractivity (Wildman–Crippen MR) is 105 cm³/mol. The first-order chi connectivity index (χ1) is 12.8. The number of nitrogens with two attached hydrogens (primary N) is 2. The highest BCUT2D eigenvalue weighted by Crippen LogP contribution is 2.17. The Labute approximate surface area is 158 Å². The first kappa shape index (κ1) is 20.0. The fourth-order valence-corrected chi connectivity index (χ4v) is 2.25. The summed E-state index contributed by atoms with van der Waals surface area (Å²) in [4.78, 5) is 29.9. The number of esters is 1. The molecule has 0 saturated carbocycles. The van der Waals surface area contributed by atoms with Gasteiger partial charge in [-0.1, -0.05) is 12.1 Å². The van der Waals surface area contributed by atoms with E-state index in [1.807, 2.05) is 13.8 Å². The topological polar surface area (TPSA) is 111 Å². The maximum absolute atomic E-state index is 12.2. The Balaban J connectivity index is 1.98. The van der Waals surface area contributed by atoms with Crippen LogP contribution in [0.3, 0.4) is 0 Å². The highest BCUT2D eigenvalue weighted by molar-refractivity contribution is 5.91. The average molecular weight is 368 g/mol. The van der Waals surface area contributed by atoms with Crippen molar-refractivity contribution in [2.45, 2.75) is 26.3 Å². The zero-order valence-corrected chi connectivity index (χ0v) is 15.7. The molecule has 0 fully saturated rings. The zero-order valence-electron chi connectivity index (χ0n) is 15.7. The van der Waals surface area contributed by atoms with Crippen LogP contribution >= 0.6 is 0 Å². The van der Waals surface area contributed by atoms with Gasteiger partial charge in [-0.3, -0.25) is 4.79 Å². The molecule has 2 aromatic rings. The average Bonchev–Trinajstić information content (AvgIpc) is 2.62. The summed E-state index contributed by atoms with van der Waals surface area (Å²) >= 11 is 0. The van der Waals surface area contributed by atoms with E-state index in [4.69, 9.17) is 16.2 Å². The molecule has 7 nitrogen and oxygen atoms in total. The van der Waals surface area contributed by atoms with E-state index in [1.165, 1.54) is 0 Å². The Morgan fingerprint density at radius 2 is 1.63 bits per heavy atom. The molecule has 27 heavy (non-hydrogen) atoms. The van der Waals surface area contributed by atoms with Gasteiger partial charge in [-0.2, -0.15) is 0 Å². The van der Waals surface area contributed by atoms with Crippen molar-refractivity contribution >= 4 is 23.5 Å². The minimum Gasteiger partial charge on any atom is -0.423 e. The van der Waals surface area contributed by atoms with E-state index >= 15 is 0 Å². The standard InChI is InChI=1S/C20H24N4O3/c1-13(2)24(3)18(25)12-14-4-10-17(11-5-14)27-19(26)15-6-8-16(9-7-15)23-20(21)22/h4-11,13H,12H2,1-3H3,(H4,21,22,23). The van der Waals surface area contributed by atoms with Gasteiger partial charge in [0.05, 0.1) is 17.7 Å². The lowest BCUT2D eigenvalue weighted by molar-refractivity contribution is -0.130. The van der Waals surface area contributed by atoms with Crippen molar-refractivity contribution in [2.75, 3.05) is 7.05 Å². The molecule has 1 amide bonds. The second-order valence-electron chi connectivity index (χ2n) is 6.39. The van der Waals surface area contributed by atoms with Crippen LogP contribution in [-0.2, 0) is 11.2 Å². The van der Waals surface area contributed by atoms with Gasteiger partial charge in [0.1, 0.15) is 5.75 Å². The molecular formula is C20H24N4O3. The van der Waals surface area contributed by atoms with Gasteiger partial charge in [-0.15, -0.1) is 0 Å². The number of hydrogen-bond acceptors (Lipinski definition) is 4. The predicted octanol–water partition coefficient (Wildman–Crippen LogP) is 2.22. The van der Waals surface area contributed by atoms with Crippen LogP contribution in [0.1, 0.15) is 29.8 Å². The largest absolute Gasteiger partial charge is 0.423 e. The highest BCUT2D eigenvalue weighted by Gasteiger charge is 2.13. The number of likely N-dealkylation sites (N-methyl/N-ethyl adjacent to an activating group) is 1. The molecule has 4 N–H and O–H groups in total. The number of guanidine groups is 1. The minimum atomic E-state index is -0.491. The van der Waals surface area contributed by atoms with Crippen LogP contribution in [-0.4, -0.2) is 35.8 Å². The summed E-state index contributed by atoms with van der Waals surface area (Å²) in [5, 5.41) is 0. The lowest BCUT2D eigenvalue weighted by Gasteiger charge is -2.21. The third kappa shape index (κ3) is 5.85. The molecule has 0 aromatic heterocycles. The summed E-state index contributed by atoms with van der Waals surface area (Å²) in [7, 11) is 1.78. The molecule has 0 spiro atoms. The highest BCUT2D eigenvalue weighted by atomic mass is 16.5. The number of hydrogen-bond donors (Lipinski definition) is 2. The van der Waals surface area contributed by atoms with Gasteiger partial charge < -0.3 is 21.1 Å². The minimum absolute atomic E-state index is 0.0376. The molecule has 0 heterocycles. The van der Waals surface area contributed by atoms with Gasteiger partial charge in [0.25, 0.3) is 0 Å². The molecule has 0 aliphatic heterocycles. The fraction of sp³-hybridized carbons (Fsp3) is 0.250. The summed E-state index contributed by atoms with van der Waals surface area (Å²) in [5.74, 6) is -0.101. The van der Waals surface area contributed by atoms with Gasteiger partial charge in [-0.05, 0) is 55.8 Å². The quantitative estimate of drug-likeness (QED) is 0.351. The molecule has 2 rings (SSSR count). The lowest BCUT2D eigenvalue weighted by Crippen LogP contribution is -2.34. The number of aliphatic imine (C=N–C) groups is 1. The van der Waals surface area contributed by atoms with E-state index in [2.05, 4.69) is 4.99 Å². The Kier molecular flexibility index (Phi) is 6.54. The molecule has 2 aromatic carbocycles. The SMILES string of the molecule is CC(C)N(C)C(=O)Cc1ccc(OC(=O)c2ccc(N=C(N)N)cc2)cc1. The maximum Gasteiger partial charge on any atom is 0.343 e. The van der Waals surface area contributed by atoms with Gasteiger partial charge >= 0.3 is 5.97 Å². The number of carbonyl (C=O) groups excluding carboxylic acids is 2. The second-order valence-corrected chi connectivity index (χ2v) is 6.39. The number of nitrogens with zero attached hydrogens (tertiary/aromatic N) is 2. The van der Waals surface area contributed by atoms with Crippen molar-refractivity contribution in [1.82, 2.24) is 4.90 Å². The Morgan fingerprint density at radius 1 is 1.04 bits per heavy atom. The zero-order chi connectivity index (χ0) is 20.0. The number of carbonyl (C=O) groups is 2. The molecule has 0 unspecified atom stereocenters. The van der Waals surface area contributed by atoms with E-state index in [-0.39, 0.29) is 17.9 Å². The first-order valence-corrected chi connectivity index (χ1v) is 8.52. The second kappa shape index (κ2) is 8.84. The van der Waals surface area contributed by atoms with Crippen LogP contribution in [0.15, 0.2) is 53.5 Å². The van der Waals surface area contributed by atoms with Crippen molar-refractivity contribution in [3.63, 3.8) is 0 Å². The maximum atomic E-state index is 12.2. The summed E-state index contributed by atoms with van der Waals surface area (Å²) < 4.78 is 5.35. The van der Waals surface area contributed by atoms with Crippen LogP contribution in [0.2, 0.25) is 0 Å². The van der Waals surface area contributed by atoms with Crippen molar-refractivity contribution in [3.05, 3.63) is 59.7 Å². The molecule has 0 atom stereocenters. The Bertz CT molecular complexity index is 823. The van der Waals surface area contributed by atoms with Gasteiger partial charge in [0.15, 0.2) is 5.96 Å². The normalized spacial score (nSPS) is 10.4. The van der Waals surface area contributed by atoms with Crippen molar-refractivity contribution in [1.29, 1.82) is 0 Å². The molecule has 7 heteroatoms. The molecule has 0 aliphatic carbocycles. The van der Waals surface area contributed by atoms with E-state index in [9.17, 15) is 9.59 Å². The monoisotopic (exact) mass is 368 g/mol. The molecule has 0 aliphatic rings. The van der Waals surface area contributed by atoms with Crippen molar-refractivity contribution in [3.8, 4) is 5.75 Å². The summed E-state index contributed by atoms with van der Waals surface area (Å²) in [6.07, 6.45) is 0.301. The molecular weight excluding hydrogens is 344 g/mol. The Hall–Kier alpha value is -3.35. The van der Waals surface area contributed by atoms with E-state index in [0.29, 0.717) is 23.4 Å². The van der Waals surface area contributed by atoms with Crippen LogP contribution < -0.4 is 16.2 Å². The molecule has 0 saturated heterocycles. The molecule has 142 valence electrons. The van der Waals surface area contributed by atoms with Gasteiger partial charge in [0.2, 0.25) is 5.91 Å². The van der Waals surface area contributed by atoms with Crippen molar-refractivity contribution in [2.24, 2.45) is 16.5 Å². The number of rotatable bonds is 6. The summed E-state index contributed by atoms with van der Waals surface area (Å²) in [6.45, 7) is 3.93. The smallest absolute Gasteiger partial charge is 0.343 e. The number of amides is 1. The van der Waals surface area contributed by atoms with E-state index < -0.39 is 5.97 Å². The van der Waals surface area contributed by atoms with E-state index in [0.717, 1.165) is 5.56 Å².